The maximum atomic E-state index is 12.5. The molecule has 3 atom stereocenters. The minimum atomic E-state index is -0.161. The number of carbonyl (C=O) groups is 1. The van der Waals surface area contributed by atoms with Crippen molar-refractivity contribution in [1.29, 1.82) is 0 Å². The Bertz CT molecular complexity index is 778. The molecule has 2 heterocycles. The molecule has 3 rings (SSSR count). The minimum Gasteiger partial charge on any atom is -0.461 e. The predicted octanol–water partition coefficient (Wildman–Crippen LogP) is 4.46. The second-order valence-corrected chi connectivity index (χ2v) is 8.87. The molecule has 0 spiro atoms. The molecule has 0 radical (unpaired) electrons. The van der Waals surface area contributed by atoms with Crippen LogP contribution in [0.4, 0.5) is 0 Å². The van der Waals surface area contributed by atoms with Crippen LogP contribution in [0, 0.1) is 17.8 Å². The van der Waals surface area contributed by atoms with E-state index in [-0.39, 0.29) is 17.8 Å². The summed E-state index contributed by atoms with van der Waals surface area (Å²) in [5.74, 6) is 2.50. The Kier molecular flexibility index (Phi) is 7.10. The first-order chi connectivity index (χ1) is 13.5. The zero-order valence-electron chi connectivity index (χ0n) is 17.2. The monoisotopic (exact) mass is 402 g/mol. The van der Waals surface area contributed by atoms with E-state index in [1.54, 1.807) is 12.4 Å². The molecule has 0 saturated heterocycles. The van der Waals surface area contributed by atoms with Gasteiger partial charge < -0.3 is 9.30 Å². The summed E-state index contributed by atoms with van der Waals surface area (Å²) in [6, 6.07) is 3.82. The average Bonchev–Trinajstić information content (AvgIpc) is 3.10. The van der Waals surface area contributed by atoms with Gasteiger partial charge in [-0.05, 0) is 49.7 Å². The number of esters is 1. The molecule has 0 amide bonds. The fourth-order valence-electron chi connectivity index (χ4n) is 3.97. The van der Waals surface area contributed by atoms with Crippen molar-refractivity contribution >= 4 is 17.7 Å². The van der Waals surface area contributed by atoms with Gasteiger partial charge >= 0.3 is 5.97 Å². The van der Waals surface area contributed by atoms with E-state index in [1.165, 1.54) is 18.2 Å². The largest absolute Gasteiger partial charge is 0.461 e. The molecule has 28 heavy (non-hydrogen) atoms. The summed E-state index contributed by atoms with van der Waals surface area (Å²) >= 11 is 1.39. The van der Waals surface area contributed by atoms with Crippen molar-refractivity contribution in [3.05, 3.63) is 24.5 Å². The highest BCUT2D eigenvalue weighted by atomic mass is 32.2. The molecular formula is C21H30N4O2S. The number of thioether (sulfide) groups is 1. The molecular weight excluding hydrogens is 372 g/mol. The van der Waals surface area contributed by atoms with Gasteiger partial charge in [-0.15, -0.1) is 10.2 Å². The summed E-state index contributed by atoms with van der Waals surface area (Å²) in [7, 11) is 0. The van der Waals surface area contributed by atoms with Crippen LogP contribution in [-0.2, 0) is 16.1 Å². The van der Waals surface area contributed by atoms with Gasteiger partial charge in [0.15, 0.2) is 11.0 Å². The van der Waals surface area contributed by atoms with E-state index in [0.717, 1.165) is 35.9 Å². The van der Waals surface area contributed by atoms with Crippen molar-refractivity contribution in [2.24, 2.45) is 17.8 Å². The van der Waals surface area contributed by atoms with Gasteiger partial charge in [0.05, 0.1) is 5.75 Å². The first kappa shape index (κ1) is 20.8. The summed E-state index contributed by atoms with van der Waals surface area (Å²) in [6.45, 7) is 9.47. The molecule has 2 aromatic heterocycles. The number of pyridine rings is 1. The molecule has 0 aliphatic heterocycles. The van der Waals surface area contributed by atoms with E-state index < -0.39 is 0 Å². The Balaban J connectivity index is 1.62. The van der Waals surface area contributed by atoms with Crippen molar-refractivity contribution in [3.63, 3.8) is 0 Å². The highest BCUT2D eigenvalue weighted by molar-refractivity contribution is 7.99. The number of hydrogen-bond acceptors (Lipinski definition) is 6. The minimum absolute atomic E-state index is 0.0354. The fourth-order valence-corrected chi connectivity index (χ4v) is 4.76. The lowest BCUT2D eigenvalue weighted by molar-refractivity contribution is -0.152. The van der Waals surface area contributed by atoms with Crippen molar-refractivity contribution in [2.75, 3.05) is 5.75 Å². The number of rotatable bonds is 7. The smallest absolute Gasteiger partial charge is 0.316 e. The van der Waals surface area contributed by atoms with E-state index in [9.17, 15) is 4.79 Å². The number of carbonyl (C=O) groups excluding carboxylic acids is 1. The molecule has 0 bridgehead atoms. The van der Waals surface area contributed by atoms with Crippen LogP contribution in [0.1, 0.15) is 47.0 Å². The third kappa shape index (κ3) is 4.93. The molecule has 6 nitrogen and oxygen atoms in total. The maximum absolute atomic E-state index is 12.5. The molecule has 0 aromatic carbocycles. The van der Waals surface area contributed by atoms with Crippen molar-refractivity contribution in [1.82, 2.24) is 19.7 Å². The van der Waals surface area contributed by atoms with Gasteiger partial charge in [-0.2, -0.15) is 0 Å². The van der Waals surface area contributed by atoms with Gasteiger partial charge in [-0.25, -0.2) is 0 Å². The van der Waals surface area contributed by atoms with Crippen LogP contribution >= 0.6 is 11.8 Å². The zero-order chi connectivity index (χ0) is 20.1. The summed E-state index contributed by atoms with van der Waals surface area (Å²) in [4.78, 5) is 16.6. The van der Waals surface area contributed by atoms with Gasteiger partial charge in [0, 0.05) is 24.5 Å². The number of ether oxygens (including phenoxy) is 1. The predicted molar refractivity (Wildman–Crippen MR) is 111 cm³/mol. The van der Waals surface area contributed by atoms with Crippen LogP contribution < -0.4 is 0 Å². The molecule has 1 saturated carbocycles. The van der Waals surface area contributed by atoms with Crippen LogP contribution in [0.25, 0.3) is 11.4 Å². The van der Waals surface area contributed by atoms with Crippen molar-refractivity contribution < 1.29 is 9.53 Å². The topological polar surface area (TPSA) is 69.9 Å². The molecule has 3 unspecified atom stereocenters. The van der Waals surface area contributed by atoms with Crippen LogP contribution in [-0.4, -0.2) is 37.6 Å². The van der Waals surface area contributed by atoms with Gasteiger partial charge in [0.1, 0.15) is 6.10 Å². The third-order valence-electron chi connectivity index (χ3n) is 5.53. The number of nitrogens with zero attached hydrogens (tertiary/aromatic N) is 4. The molecule has 1 aliphatic rings. The number of hydrogen-bond donors (Lipinski definition) is 0. The van der Waals surface area contributed by atoms with Crippen LogP contribution in [0.2, 0.25) is 0 Å². The highest BCUT2D eigenvalue weighted by Gasteiger charge is 2.33. The Morgan fingerprint density at radius 1 is 1.29 bits per heavy atom. The molecule has 152 valence electrons. The Labute approximate surface area is 171 Å². The summed E-state index contributed by atoms with van der Waals surface area (Å²) in [5, 5.41) is 9.33. The maximum Gasteiger partial charge on any atom is 0.316 e. The van der Waals surface area contributed by atoms with E-state index in [1.807, 2.05) is 23.6 Å². The normalized spacial score (nSPS) is 22.4. The van der Waals surface area contributed by atoms with Crippen LogP contribution in [0.15, 0.2) is 29.7 Å². The Hall–Kier alpha value is -1.89. The molecule has 2 aromatic rings. The first-order valence-corrected chi connectivity index (χ1v) is 11.1. The van der Waals surface area contributed by atoms with E-state index in [4.69, 9.17) is 4.74 Å². The van der Waals surface area contributed by atoms with Gasteiger partial charge in [-0.1, -0.05) is 39.0 Å². The van der Waals surface area contributed by atoms with Gasteiger partial charge in [0.2, 0.25) is 0 Å². The summed E-state index contributed by atoms with van der Waals surface area (Å²) in [6.07, 6.45) is 6.85. The third-order valence-corrected chi connectivity index (χ3v) is 6.48. The second kappa shape index (κ2) is 9.54. The van der Waals surface area contributed by atoms with Crippen molar-refractivity contribution in [3.8, 4) is 11.4 Å². The summed E-state index contributed by atoms with van der Waals surface area (Å²) in [5.41, 5.74) is 0.967. The van der Waals surface area contributed by atoms with Gasteiger partial charge in [0.25, 0.3) is 0 Å². The quantitative estimate of drug-likeness (QED) is 0.503. The Morgan fingerprint density at radius 2 is 2.04 bits per heavy atom. The standard InChI is InChI=1S/C21H30N4O2S/c1-5-25-20(16-8-10-22-11-9-16)23-24-21(25)28-13-19(26)27-18-12-15(4)6-7-17(18)14(2)3/h8-11,14-15,17-18H,5-7,12-13H2,1-4H3. The van der Waals surface area contributed by atoms with Crippen LogP contribution in [0.3, 0.4) is 0 Å². The lowest BCUT2D eigenvalue weighted by atomic mass is 9.75. The summed E-state index contributed by atoms with van der Waals surface area (Å²) < 4.78 is 7.92. The SMILES string of the molecule is CCn1c(SCC(=O)OC2CC(C)CCC2C(C)C)nnc1-c1ccncc1. The lowest BCUT2D eigenvalue weighted by Gasteiger charge is -2.36. The van der Waals surface area contributed by atoms with E-state index in [0.29, 0.717) is 17.8 Å². The lowest BCUT2D eigenvalue weighted by Crippen LogP contribution is -2.36. The van der Waals surface area contributed by atoms with Gasteiger partial charge in [-0.3, -0.25) is 9.78 Å². The Morgan fingerprint density at radius 3 is 2.71 bits per heavy atom. The van der Waals surface area contributed by atoms with E-state index in [2.05, 4.69) is 36.0 Å². The molecule has 0 N–H and O–H groups in total. The van der Waals surface area contributed by atoms with E-state index >= 15 is 0 Å². The molecule has 1 aliphatic carbocycles. The van der Waals surface area contributed by atoms with Crippen molar-refractivity contribution in [2.45, 2.75) is 64.8 Å². The number of aromatic nitrogens is 4. The average molecular weight is 403 g/mol. The molecule has 7 heteroatoms. The molecule has 1 fully saturated rings. The zero-order valence-corrected chi connectivity index (χ0v) is 18.0. The highest BCUT2D eigenvalue weighted by Crippen LogP contribution is 2.35. The second-order valence-electron chi connectivity index (χ2n) is 7.93. The van der Waals surface area contributed by atoms with Crippen LogP contribution in [0.5, 0.6) is 0 Å². The first-order valence-electron chi connectivity index (χ1n) is 10.2. The fraction of sp³-hybridized carbons (Fsp3) is 0.619.